The van der Waals surface area contributed by atoms with Crippen LogP contribution in [0.5, 0.6) is 0 Å². The van der Waals surface area contributed by atoms with Crippen molar-refractivity contribution >= 4 is 29.7 Å². The van der Waals surface area contributed by atoms with Crippen LogP contribution >= 0.6 is 0 Å². The number of nitrogens with one attached hydrogen (secondary N) is 3. The van der Waals surface area contributed by atoms with Gasteiger partial charge >= 0.3 is 11.9 Å². The highest BCUT2D eigenvalue weighted by Crippen LogP contribution is 2.05. The number of carbonyl (C=O) groups excluding carboxylic acids is 5. The first-order valence-corrected chi connectivity index (χ1v) is 13.2. The van der Waals surface area contributed by atoms with E-state index < -0.39 is 60.2 Å². The molecule has 0 aliphatic carbocycles. The molecule has 12 nitrogen and oxygen atoms in total. The zero-order chi connectivity index (χ0) is 30.2. The number of ether oxygens (including phenoxy) is 3. The summed E-state index contributed by atoms with van der Waals surface area (Å²) in [5.41, 5.74) is 7.55. The fraction of sp³-hybridized carbons (Fsp3) is 0.414. The van der Waals surface area contributed by atoms with Crippen LogP contribution < -0.4 is 21.7 Å². The Kier molecular flexibility index (Phi) is 14.0. The van der Waals surface area contributed by atoms with Crippen molar-refractivity contribution < 1.29 is 38.2 Å². The summed E-state index contributed by atoms with van der Waals surface area (Å²) in [6, 6.07) is 13.7. The minimum atomic E-state index is -1.40. The standard InChI is InChI=1S/C29H38N4O8/c1-4-40-29(38)20(3)32-28(37)24(15-25(34)41-17-22-13-9-6-10-14-22)33-26(35)19(2)31-27(36)23(30)18-39-16-21-11-7-5-8-12-21/h5-14,19-20,23-24H,4,15-18,30H2,1-3H3,(H,31,36)(H,32,37)(H,33,35)/t19-,20+,23+,24+/m1/s1. The van der Waals surface area contributed by atoms with Gasteiger partial charge in [0.05, 0.1) is 26.2 Å². The average Bonchev–Trinajstić information content (AvgIpc) is 2.96. The summed E-state index contributed by atoms with van der Waals surface area (Å²) in [6.07, 6.45) is -0.520. The molecule has 4 atom stereocenters. The monoisotopic (exact) mass is 570 g/mol. The van der Waals surface area contributed by atoms with Crippen molar-refractivity contribution in [1.82, 2.24) is 16.0 Å². The number of rotatable bonds is 16. The molecule has 0 aliphatic rings. The highest BCUT2D eigenvalue weighted by atomic mass is 16.5. The molecule has 41 heavy (non-hydrogen) atoms. The molecule has 0 saturated carbocycles. The largest absolute Gasteiger partial charge is 0.464 e. The number of nitrogens with two attached hydrogens (primary N) is 1. The quantitative estimate of drug-likeness (QED) is 0.212. The number of amides is 3. The van der Waals surface area contributed by atoms with Crippen LogP contribution in [-0.4, -0.2) is 67.0 Å². The van der Waals surface area contributed by atoms with E-state index >= 15 is 0 Å². The van der Waals surface area contributed by atoms with Gasteiger partial charge in [-0.25, -0.2) is 4.79 Å². The van der Waals surface area contributed by atoms with Gasteiger partial charge in [0.15, 0.2) is 0 Å². The van der Waals surface area contributed by atoms with Crippen LogP contribution in [0.25, 0.3) is 0 Å². The van der Waals surface area contributed by atoms with Gasteiger partial charge in [-0.05, 0) is 31.9 Å². The summed E-state index contributed by atoms with van der Waals surface area (Å²) in [4.78, 5) is 62.8. The van der Waals surface area contributed by atoms with Crippen LogP contribution in [0.3, 0.4) is 0 Å². The summed E-state index contributed by atoms with van der Waals surface area (Å²) in [5, 5.41) is 7.33. The zero-order valence-electron chi connectivity index (χ0n) is 23.5. The molecular formula is C29H38N4O8. The molecule has 0 aliphatic heterocycles. The molecular weight excluding hydrogens is 532 g/mol. The van der Waals surface area contributed by atoms with Crippen LogP contribution in [0.4, 0.5) is 0 Å². The number of benzene rings is 2. The van der Waals surface area contributed by atoms with Crippen LogP contribution in [-0.2, 0) is 51.4 Å². The Morgan fingerprint density at radius 1 is 0.732 bits per heavy atom. The van der Waals surface area contributed by atoms with E-state index in [1.807, 2.05) is 36.4 Å². The Morgan fingerprint density at radius 2 is 1.29 bits per heavy atom. The van der Waals surface area contributed by atoms with Gasteiger partial charge in [-0.2, -0.15) is 0 Å². The molecule has 0 spiro atoms. The van der Waals surface area contributed by atoms with Gasteiger partial charge in [0, 0.05) is 0 Å². The van der Waals surface area contributed by atoms with Crippen molar-refractivity contribution in [2.24, 2.45) is 5.73 Å². The lowest BCUT2D eigenvalue weighted by Gasteiger charge is -2.23. The van der Waals surface area contributed by atoms with Crippen LogP contribution in [0, 0.1) is 0 Å². The fourth-order valence-electron chi connectivity index (χ4n) is 3.45. The summed E-state index contributed by atoms with van der Waals surface area (Å²) in [5.74, 6) is -3.63. The number of carbonyl (C=O) groups is 5. The first kappa shape index (κ1) is 32.9. The maximum atomic E-state index is 12.9. The molecule has 0 bridgehead atoms. The Morgan fingerprint density at radius 3 is 1.88 bits per heavy atom. The summed E-state index contributed by atoms with van der Waals surface area (Å²) >= 11 is 0. The molecule has 0 aromatic heterocycles. The minimum absolute atomic E-state index is 0.0299. The second-order valence-corrected chi connectivity index (χ2v) is 9.23. The molecule has 0 radical (unpaired) electrons. The molecule has 222 valence electrons. The molecule has 2 rings (SSSR count). The number of esters is 2. The summed E-state index contributed by atoms with van der Waals surface area (Å²) in [6.45, 7) is 4.69. The molecule has 2 aromatic carbocycles. The van der Waals surface area contributed by atoms with Gasteiger partial charge in [0.25, 0.3) is 0 Å². The van der Waals surface area contributed by atoms with Crippen molar-refractivity contribution in [3.63, 3.8) is 0 Å². The summed E-state index contributed by atoms with van der Waals surface area (Å²) < 4.78 is 15.6. The number of hydrogen-bond donors (Lipinski definition) is 4. The van der Waals surface area contributed by atoms with Crippen LogP contribution in [0.15, 0.2) is 60.7 Å². The van der Waals surface area contributed by atoms with E-state index in [1.165, 1.54) is 13.8 Å². The lowest BCUT2D eigenvalue weighted by atomic mass is 10.1. The van der Waals surface area contributed by atoms with Crippen molar-refractivity contribution in [2.45, 2.75) is 64.6 Å². The van der Waals surface area contributed by atoms with E-state index in [0.29, 0.717) is 0 Å². The fourth-order valence-corrected chi connectivity index (χ4v) is 3.45. The van der Waals surface area contributed by atoms with Crippen molar-refractivity contribution in [1.29, 1.82) is 0 Å². The topological polar surface area (TPSA) is 175 Å². The molecule has 2 aromatic rings. The SMILES string of the molecule is CCOC(=O)[C@H](C)NC(=O)[C@H](CC(=O)OCc1ccccc1)NC(=O)[C@@H](C)NC(=O)[C@@H](N)COCc1ccccc1. The van der Waals surface area contributed by atoms with Crippen molar-refractivity contribution in [2.75, 3.05) is 13.2 Å². The highest BCUT2D eigenvalue weighted by molar-refractivity contribution is 5.95. The number of hydrogen-bond acceptors (Lipinski definition) is 9. The van der Waals surface area contributed by atoms with Gasteiger partial charge in [-0.1, -0.05) is 60.7 Å². The van der Waals surface area contributed by atoms with Gasteiger partial charge < -0.3 is 35.9 Å². The Balaban J connectivity index is 1.95. The second-order valence-electron chi connectivity index (χ2n) is 9.23. The first-order valence-electron chi connectivity index (χ1n) is 13.2. The smallest absolute Gasteiger partial charge is 0.328 e. The highest BCUT2D eigenvalue weighted by Gasteiger charge is 2.30. The first-order chi connectivity index (χ1) is 19.6. The van der Waals surface area contributed by atoms with Crippen LogP contribution in [0.1, 0.15) is 38.3 Å². The van der Waals surface area contributed by atoms with Gasteiger partial charge in [0.1, 0.15) is 30.8 Å². The third kappa shape index (κ3) is 12.2. The van der Waals surface area contributed by atoms with E-state index in [4.69, 9.17) is 19.9 Å². The lowest BCUT2D eigenvalue weighted by Crippen LogP contribution is -2.57. The molecule has 0 heterocycles. The predicted molar refractivity (Wildman–Crippen MR) is 149 cm³/mol. The molecule has 5 N–H and O–H groups in total. The third-order valence-corrected chi connectivity index (χ3v) is 5.74. The maximum Gasteiger partial charge on any atom is 0.328 e. The molecule has 0 fully saturated rings. The second kappa shape index (κ2) is 17.4. The zero-order valence-corrected chi connectivity index (χ0v) is 23.5. The Labute approximate surface area is 239 Å². The van der Waals surface area contributed by atoms with Crippen molar-refractivity contribution in [3.05, 3.63) is 71.8 Å². The van der Waals surface area contributed by atoms with Crippen LogP contribution in [0.2, 0.25) is 0 Å². The van der Waals surface area contributed by atoms with E-state index in [1.54, 1.807) is 31.2 Å². The van der Waals surface area contributed by atoms with Crippen molar-refractivity contribution in [3.8, 4) is 0 Å². The lowest BCUT2D eigenvalue weighted by molar-refractivity contribution is -0.148. The molecule has 3 amide bonds. The molecule has 12 heteroatoms. The van der Waals surface area contributed by atoms with Gasteiger partial charge in [0.2, 0.25) is 17.7 Å². The van der Waals surface area contributed by atoms with Gasteiger partial charge in [-0.3, -0.25) is 19.2 Å². The minimum Gasteiger partial charge on any atom is -0.464 e. The van der Waals surface area contributed by atoms with E-state index in [9.17, 15) is 24.0 Å². The average molecular weight is 571 g/mol. The molecule has 0 saturated heterocycles. The normalized spacial score (nSPS) is 13.6. The molecule has 0 unspecified atom stereocenters. The van der Waals surface area contributed by atoms with E-state index in [-0.39, 0.29) is 26.4 Å². The Hall–Kier alpha value is -4.29. The van der Waals surface area contributed by atoms with E-state index in [0.717, 1.165) is 11.1 Å². The maximum absolute atomic E-state index is 12.9. The summed E-state index contributed by atoms with van der Waals surface area (Å²) in [7, 11) is 0. The predicted octanol–water partition coefficient (Wildman–Crippen LogP) is 0.721. The third-order valence-electron chi connectivity index (χ3n) is 5.74. The Bertz CT molecular complexity index is 1150. The van der Waals surface area contributed by atoms with E-state index in [2.05, 4.69) is 16.0 Å². The van der Waals surface area contributed by atoms with Gasteiger partial charge in [-0.15, -0.1) is 0 Å².